The maximum Gasteiger partial charge on any atom is 0.164 e. The summed E-state index contributed by atoms with van der Waals surface area (Å²) in [7, 11) is 0. The molecule has 0 spiro atoms. The summed E-state index contributed by atoms with van der Waals surface area (Å²) >= 11 is 0. The predicted octanol–water partition coefficient (Wildman–Crippen LogP) is 14.7. The van der Waals surface area contributed by atoms with Crippen LogP contribution in [0.3, 0.4) is 0 Å². The number of fused-ring (bicyclic) bond motifs is 10. The van der Waals surface area contributed by atoms with Gasteiger partial charge in [0.05, 0.1) is 0 Å². The minimum atomic E-state index is 0.587. The van der Waals surface area contributed by atoms with E-state index >= 15 is 0 Å². The van der Waals surface area contributed by atoms with Gasteiger partial charge in [-0.1, -0.05) is 170 Å². The highest BCUT2D eigenvalue weighted by molar-refractivity contribution is 6.26. The molecule has 0 amide bonds. The van der Waals surface area contributed by atoms with E-state index in [9.17, 15) is 0 Å². The van der Waals surface area contributed by atoms with Crippen LogP contribution in [0.5, 0.6) is 0 Å². The highest BCUT2D eigenvalue weighted by Gasteiger charge is 2.21. The molecule has 0 saturated heterocycles. The number of hydrogen-bond donors (Lipinski definition) is 0. The van der Waals surface area contributed by atoms with Crippen molar-refractivity contribution in [1.82, 2.24) is 15.0 Å². The third-order valence-electron chi connectivity index (χ3n) is 11.7. The third kappa shape index (κ3) is 5.49. The first-order valence-corrected chi connectivity index (χ1v) is 19.9. The van der Waals surface area contributed by atoms with Gasteiger partial charge in [-0.3, -0.25) is 0 Å². The number of benzene rings is 10. The molecule has 2 aromatic heterocycles. The van der Waals surface area contributed by atoms with Gasteiger partial charge < -0.3 is 4.42 Å². The molecule has 0 radical (unpaired) electrons. The molecule has 0 aliphatic rings. The Labute approximate surface area is 339 Å². The van der Waals surface area contributed by atoms with Crippen LogP contribution >= 0.6 is 0 Å². The zero-order chi connectivity index (χ0) is 38.9. The van der Waals surface area contributed by atoms with Gasteiger partial charge in [0.25, 0.3) is 0 Å². The van der Waals surface area contributed by atoms with Gasteiger partial charge in [-0.05, 0) is 90.1 Å². The van der Waals surface area contributed by atoms with Crippen LogP contribution in [-0.4, -0.2) is 15.0 Å². The van der Waals surface area contributed by atoms with Gasteiger partial charge in [0, 0.05) is 33.0 Å². The molecule has 4 heteroatoms. The van der Waals surface area contributed by atoms with E-state index < -0.39 is 0 Å². The van der Waals surface area contributed by atoms with Crippen molar-refractivity contribution in [1.29, 1.82) is 0 Å². The summed E-state index contributed by atoms with van der Waals surface area (Å²) in [5, 5.41) is 11.7. The van der Waals surface area contributed by atoms with Crippen molar-refractivity contribution in [3.63, 3.8) is 0 Å². The van der Waals surface area contributed by atoms with E-state index in [4.69, 9.17) is 19.4 Å². The Morgan fingerprint density at radius 3 is 1.54 bits per heavy atom. The quantitative estimate of drug-likeness (QED) is 0.164. The highest BCUT2D eigenvalue weighted by Crippen LogP contribution is 2.44. The normalized spacial score (nSPS) is 11.7. The van der Waals surface area contributed by atoms with Crippen molar-refractivity contribution in [3.05, 3.63) is 200 Å². The summed E-state index contributed by atoms with van der Waals surface area (Å²) in [6, 6.07) is 70.4. The number of furan rings is 1. The average molecular weight is 752 g/mol. The molecule has 12 aromatic rings. The lowest BCUT2D eigenvalue weighted by Gasteiger charge is -2.13. The largest absolute Gasteiger partial charge is 0.455 e. The molecule has 2 heterocycles. The molecule has 10 aromatic carbocycles. The van der Waals surface area contributed by atoms with Gasteiger partial charge >= 0.3 is 0 Å². The number of aromatic nitrogens is 3. The Balaban J connectivity index is 1.08. The molecule has 0 aliphatic carbocycles. The maximum atomic E-state index is 6.83. The second-order valence-electron chi connectivity index (χ2n) is 15.1. The minimum Gasteiger partial charge on any atom is -0.455 e. The van der Waals surface area contributed by atoms with Gasteiger partial charge in [-0.2, -0.15) is 0 Å². The van der Waals surface area contributed by atoms with Crippen LogP contribution in [0.2, 0.25) is 0 Å². The molecule has 0 fully saturated rings. The van der Waals surface area contributed by atoms with E-state index in [-0.39, 0.29) is 0 Å². The van der Waals surface area contributed by atoms with Gasteiger partial charge in [0.1, 0.15) is 11.2 Å². The Kier molecular flexibility index (Phi) is 7.50. The van der Waals surface area contributed by atoms with Crippen molar-refractivity contribution in [2.45, 2.75) is 0 Å². The van der Waals surface area contributed by atoms with Crippen LogP contribution in [0.1, 0.15) is 0 Å². The van der Waals surface area contributed by atoms with Crippen molar-refractivity contribution < 1.29 is 4.42 Å². The second-order valence-corrected chi connectivity index (χ2v) is 15.1. The van der Waals surface area contributed by atoms with Gasteiger partial charge in [0.2, 0.25) is 0 Å². The summed E-state index contributed by atoms with van der Waals surface area (Å²) in [6.07, 6.45) is 0. The summed E-state index contributed by atoms with van der Waals surface area (Å²) in [6.45, 7) is 0. The fraction of sp³-hybridized carbons (Fsp3) is 0. The first-order valence-electron chi connectivity index (χ1n) is 19.9. The van der Waals surface area contributed by atoms with Crippen LogP contribution in [-0.2, 0) is 0 Å². The predicted molar refractivity (Wildman–Crippen MR) is 244 cm³/mol. The van der Waals surface area contributed by atoms with Crippen LogP contribution in [0.25, 0.3) is 121 Å². The number of nitrogens with zero attached hydrogens (tertiary/aromatic N) is 3. The van der Waals surface area contributed by atoms with Crippen molar-refractivity contribution >= 4 is 65.0 Å². The third-order valence-corrected chi connectivity index (χ3v) is 11.7. The van der Waals surface area contributed by atoms with Gasteiger partial charge in [0.15, 0.2) is 17.5 Å². The molecule has 0 bridgehead atoms. The van der Waals surface area contributed by atoms with E-state index in [2.05, 4.69) is 182 Å². The van der Waals surface area contributed by atoms with Crippen LogP contribution < -0.4 is 0 Å². The van der Waals surface area contributed by atoms with Gasteiger partial charge in [-0.25, -0.2) is 15.0 Å². The standard InChI is InChI=1S/C55H33N3O/c1-2-12-34(13-3-1)36-22-25-37(26-23-36)53-56-54(40-27-24-35-14-4-5-15-38(35)32-40)58-55(57-53)48-31-30-41(52-51(48)47-20-10-11-21-50(47)59-52)39-28-29-46-44-18-7-6-16-42(44)43-17-8-9-19-45(43)49(46)33-39/h1-33H. The molecular formula is C55H33N3O. The molecule has 0 aliphatic heterocycles. The second kappa shape index (κ2) is 13.3. The highest BCUT2D eigenvalue weighted by atomic mass is 16.3. The first-order chi connectivity index (χ1) is 29.2. The summed E-state index contributed by atoms with van der Waals surface area (Å²) in [5.41, 5.74) is 8.73. The Hall–Kier alpha value is -7.95. The summed E-state index contributed by atoms with van der Waals surface area (Å²) in [4.78, 5) is 15.6. The van der Waals surface area contributed by atoms with E-state index in [0.29, 0.717) is 17.5 Å². The van der Waals surface area contributed by atoms with Gasteiger partial charge in [-0.15, -0.1) is 0 Å². The molecule has 0 saturated carbocycles. The van der Waals surface area contributed by atoms with E-state index in [0.717, 1.165) is 66.3 Å². The van der Waals surface area contributed by atoms with Crippen molar-refractivity contribution in [2.24, 2.45) is 0 Å². The monoisotopic (exact) mass is 751 g/mol. The van der Waals surface area contributed by atoms with E-state index in [1.54, 1.807) is 0 Å². The summed E-state index contributed by atoms with van der Waals surface area (Å²) < 4.78 is 6.83. The van der Waals surface area contributed by atoms with E-state index in [1.165, 1.54) is 37.7 Å². The van der Waals surface area contributed by atoms with E-state index in [1.807, 2.05) is 18.2 Å². The molecule has 0 atom stereocenters. The minimum absolute atomic E-state index is 0.587. The lowest BCUT2D eigenvalue weighted by molar-refractivity contribution is 0.670. The zero-order valence-electron chi connectivity index (χ0n) is 31.8. The summed E-state index contributed by atoms with van der Waals surface area (Å²) in [5.74, 6) is 1.81. The lowest BCUT2D eigenvalue weighted by atomic mass is 9.91. The molecule has 4 nitrogen and oxygen atoms in total. The smallest absolute Gasteiger partial charge is 0.164 e. The molecular weight excluding hydrogens is 719 g/mol. The number of rotatable bonds is 5. The average Bonchev–Trinajstić information content (AvgIpc) is 3.71. The zero-order valence-corrected chi connectivity index (χ0v) is 31.8. The SMILES string of the molecule is c1ccc(-c2ccc(-c3nc(-c4ccc5ccccc5c4)nc(-c4ccc(-c5ccc6c7ccccc7c7ccccc7c6c5)c5oc6ccccc6c45)n3)cc2)cc1. The number of hydrogen-bond acceptors (Lipinski definition) is 4. The molecule has 59 heavy (non-hydrogen) atoms. The fourth-order valence-corrected chi connectivity index (χ4v) is 8.84. The Morgan fingerprint density at radius 2 is 0.797 bits per heavy atom. The van der Waals surface area contributed by atoms with Crippen LogP contribution in [0, 0.1) is 0 Å². The lowest BCUT2D eigenvalue weighted by Crippen LogP contribution is -2.00. The maximum absolute atomic E-state index is 6.83. The van der Waals surface area contributed by atoms with Crippen molar-refractivity contribution in [3.8, 4) is 56.4 Å². The fourth-order valence-electron chi connectivity index (χ4n) is 8.84. The Bertz CT molecular complexity index is 3570. The van der Waals surface area contributed by atoms with Crippen molar-refractivity contribution in [2.75, 3.05) is 0 Å². The molecule has 0 unspecified atom stereocenters. The molecule has 0 N–H and O–H groups in total. The molecule has 274 valence electrons. The Morgan fingerprint density at radius 1 is 0.288 bits per heavy atom. The number of para-hydroxylation sites is 1. The van der Waals surface area contributed by atoms with Crippen LogP contribution in [0.4, 0.5) is 0 Å². The van der Waals surface area contributed by atoms with Crippen LogP contribution in [0.15, 0.2) is 205 Å². The first kappa shape index (κ1) is 33.2. The molecule has 12 rings (SSSR count). The topological polar surface area (TPSA) is 51.8 Å².